The quantitative estimate of drug-likeness (QED) is 0.851. The number of rotatable bonds is 6. The lowest BCUT2D eigenvalue weighted by molar-refractivity contribution is 0.107. The van der Waals surface area contributed by atoms with E-state index in [0.717, 1.165) is 13.0 Å². The molecule has 1 aromatic rings. The van der Waals surface area contributed by atoms with E-state index in [0.29, 0.717) is 6.04 Å². The predicted molar refractivity (Wildman–Crippen MR) is 79.3 cm³/mol. The lowest BCUT2D eigenvalue weighted by Crippen LogP contribution is -2.57. The van der Waals surface area contributed by atoms with Crippen LogP contribution in [0.15, 0.2) is 12.3 Å². The van der Waals surface area contributed by atoms with Gasteiger partial charge in [0.05, 0.1) is 5.69 Å². The van der Waals surface area contributed by atoms with E-state index in [1.54, 1.807) is 0 Å². The fourth-order valence-electron chi connectivity index (χ4n) is 3.11. The van der Waals surface area contributed by atoms with Crippen LogP contribution in [0.4, 0.5) is 0 Å². The molecule has 1 aromatic heterocycles. The topological polar surface area (TPSA) is 33.1 Å². The van der Waals surface area contributed by atoms with E-state index < -0.39 is 0 Å². The number of nitrogens with one attached hydrogen (secondary N) is 1. The molecule has 0 aromatic carbocycles. The van der Waals surface area contributed by atoms with E-state index in [4.69, 9.17) is 0 Å². The zero-order valence-electron chi connectivity index (χ0n) is 12.8. The van der Waals surface area contributed by atoms with Crippen LogP contribution in [0.1, 0.15) is 39.3 Å². The fraction of sp³-hybridized carbons (Fsp3) is 0.800. The highest BCUT2D eigenvalue weighted by atomic mass is 15.3. The number of likely N-dealkylation sites (N-methyl/N-ethyl adjacent to an activating group) is 1. The van der Waals surface area contributed by atoms with E-state index in [-0.39, 0.29) is 5.54 Å². The number of hydrogen-bond donors (Lipinski definition) is 1. The zero-order valence-corrected chi connectivity index (χ0v) is 12.8. The van der Waals surface area contributed by atoms with E-state index in [9.17, 15) is 0 Å². The van der Waals surface area contributed by atoms with Gasteiger partial charge in [0.1, 0.15) is 0 Å². The maximum atomic E-state index is 4.53. The summed E-state index contributed by atoms with van der Waals surface area (Å²) in [6, 6.07) is 2.58. The van der Waals surface area contributed by atoms with Crippen molar-refractivity contribution in [3.05, 3.63) is 18.0 Å². The average Bonchev–Trinajstić information content (AvgIpc) is 3.00. The highest BCUT2D eigenvalue weighted by molar-refractivity contribution is 5.06. The third kappa shape index (κ3) is 3.37. The van der Waals surface area contributed by atoms with Gasteiger partial charge in [-0.15, -0.1) is 0 Å². The Balaban J connectivity index is 2.09. The van der Waals surface area contributed by atoms with Crippen LogP contribution < -0.4 is 5.32 Å². The highest BCUT2D eigenvalue weighted by Crippen LogP contribution is 2.26. The van der Waals surface area contributed by atoms with Crippen molar-refractivity contribution in [1.29, 1.82) is 0 Å². The second-order valence-electron chi connectivity index (χ2n) is 6.14. The number of hydrogen-bond acceptors (Lipinski definition) is 3. The number of aryl methyl sites for hydroxylation is 1. The van der Waals surface area contributed by atoms with Crippen LogP contribution in [-0.4, -0.2) is 45.9 Å². The number of aromatic nitrogens is 2. The summed E-state index contributed by atoms with van der Waals surface area (Å²) in [4.78, 5) is 2.63. The fourth-order valence-corrected chi connectivity index (χ4v) is 3.11. The Labute approximate surface area is 117 Å². The molecular weight excluding hydrogens is 236 g/mol. The first kappa shape index (κ1) is 14.5. The third-order valence-electron chi connectivity index (χ3n) is 4.41. The molecule has 4 heteroatoms. The molecule has 0 aliphatic carbocycles. The monoisotopic (exact) mass is 264 g/mol. The Bertz CT molecular complexity index is 391. The van der Waals surface area contributed by atoms with Crippen LogP contribution >= 0.6 is 0 Å². The summed E-state index contributed by atoms with van der Waals surface area (Å²) in [5.41, 5.74) is 1.37. The maximum absolute atomic E-state index is 4.53. The Kier molecular flexibility index (Phi) is 4.63. The van der Waals surface area contributed by atoms with Crippen molar-refractivity contribution in [2.24, 2.45) is 7.05 Å². The lowest BCUT2D eigenvalue weighted by atomic mass is 9.89. The van der Waals surface area contributed by atoms with Gasteiger partial charge in [-0.05, 0) is 52.4 Å². The minimum absolute atomic E-state index is 0.185. The molecule has 1 aliphatic rings. The van der Waals surface area contributed by atoms with Crippen molar-refractivity contribution in [1.82, 2.24) is 20.0 Å². The van der Waals surface area contributed by atoms with Crippen LogP contribution in [0, 0.1) is 0 Å². The van der Waals surface area contributed by atoms with E-state index in [2.05, 4.69) is 42.2 Å². The van der Waals surface area contributed by atoms with Crippen molar-refractivity contribution < 1.29 is 0 Å². The van der Waals surface area contributed by atoms with Gasteiger partial charge in [-0.3, -0.25) is 9.58 Å². The molecule has 2 heterocycles. The molecule has 1 N–H and O–H groups in total. The summed E-state index contributed by atoms with van der Waals surface area (Å²) < 4.78 is 1.89. The normalized spacial score (nSPS) is 18.9. The van der Waals surface area contributed by atoms with Gasteiger partial charge in [0.2, 0.25) is 0 Å². The Morgan fingerprint density at radius 3 is 2.58 bits per heavy atom. The van der Waals surface area contributed by atoms with Crippen molar-refractivity contribution in [2.45, 2.75) is 51.6 Å². The second kappa shape index (κ2) is 6.06. The standard InChI is InChI=1S/C15H28N4/c1-5-16-14(12-13-8-11-18(4)17-13)15(2,3)19-9-6-7-10-19/h8,11,14,16H,5-7,9-10,12H2,1-4H3. The van der Waals surface area contributed by atoms with E-state index in [1.165, 1.54) is 31.6 Å². The van der Waals surface area contributed by atoms with Gasteiger partial charge in [-0.2, -0.15) is 5.10 Å². The van der Waals surface area contributed by atoms with Crippen LogP contribution in [0.25, 0.3) is 0 Å². The SMILES string of the molecule is CCNC(Cc1ccn(C)n1)C(C)(C)N1CCCC1. The second-order valence-corrected chi connectivity index (χ2v) is 6.14. The molecule has 0 radical (unpaired) electrons. The number of likely N-dealkylation sites (tertiary alicyclic amines) is 1. The van der Waals surface area contributed by atoms with Crippen molar-refractivity contribution in [3.8, 4) is 0 Å². The summed E-state index contributed by atoms with van der Waals surface area (Å²) in [5, 5.41) is 8.20. The summed E-state index contributed by atoms with van der Waals surface area (Å²) in [6.45, 7) is 10.4. The number of nitrogens with zero attached hydrogens (tertiary/aromatic N) is 3. The van der Waals surface area contributed by atoms with E-state index in [1.807, 2.05) is 17.9 Å². The third-order valence-corrected chi connectivity index (χ3v) is 4.41. The van der Waals surface area contributed by atoms with Gasteiger partial charge in [0.25, 0.3) is 0 Å². The maximum Gasteiger partial charge on any atom is 0.0640 e. The van der Waals surface area contributed by atoms with Crippen molar-refractivity contribution >= 4 is 0 Å². The Hall–Kier alpha value is -0.870. The van der Waals surface area contributed by atoms with Crippen LogP contribution in [0.2, 0.25) is 0 Å². The van der Waals surface area contributed by atoms with E-state index >= 15 is 0 Å². The average molecular weight is 264 g/mol. The molecule has 4 nitrogen and oxygen atoms in total. The molecule has 0 amide bonds. The lowest BCUT2D eigenvalue weighted by Gasteiger charge is -2.42. The molecule has 1 aliphatic heterocycles. The molecule has 0 saturated carbocycles. The van der Waals surface area contributed by atoms with Gasteiger partial charge in [-0.25, -0.2) is 0 Å². The summed E-state index contributed by atoms with van der Waals surface area (Å²) >= 11 is 0. The minimum atomic E-state index is 0.185. The molecule has 0 spiro atoms. The minimum Gasteiger partial charge on any atom is -0.312 e. The van der Waals surface area contributed by atoms with Crippen LogP contribution in [-0.2, 0) is 13.5 Å². The summed E-state index contributed by atoms with van der Waals surface area (Å²) in [7, 11) is 1.98. The molecule has 1 fully saturated rings. The van der Waals surface area contributed by atoms with Crippen molar-refractivity contribution in [3.63, 3.8) is 0 Å². The molecule has 1 atom stereocenters. The Morgan fingerprint density at radius 2 is 2.05 bits per heavy atom. The first-order valence-corrected chi connectivity index (χ1v) is 7.51. The predicted octanol–water partition coefficient (Wildman–Crippen LogP) is 1.82. The first-order chi connectivity index (χ1) is 9.04. The molecule has 2 rings (SSSR count). The highest BCUT2D eigenvalue weighted by Gasteiger charge is 2.36. The van der Waals surface area contributed by atoms with Gasteiger partial charge in [0, 0.05) is 31.2 Å². The molecular formula is C15H28N4. The van der Waals surface area contributed by atoms with Gasteiger partial charge in [0.15, 0.2) is 0 Å². The zero-order chi connectivity index (χ0) is 13.9. The van der Waals surface area contributed by atoms with Crippen LogP contribution in [0.5, 0.6) is 0 Å². The van der Waals surface area contributed by atoms with Gasteiger partial charge < -0.3 is 5.32 Å². The van der Waals surface area contributed by atoms with Gasteiger partial charge in [-0.1, -0.05) is 6.92 Å². The van der Waals surface area contributed by atoms with Crippen molar-refractivity contribution in [2.75, 3.05) is 19.6 Å². The Morgan fingerprint density at radius 1 is 1.37 bits per heavy atom. The summed E-state index contributed by atoms with van der Waals surface area (Å²) in [5.74, 6) is 0. The smallest absolute Gasteiger partial charge is 0.0640 e. The molecule has 1 saturated heterocycles. The molecule has 1 unspecified atom stereocenters. The van der Waals surface area contributed by atoms with Gasteiger partial charge >= 0.3 is 0 Å². The van der Waals surface area contributed by atoms with Crippen LogP contribution in [0.3, 0.4) is 0 Å². The molecule has 108 valence electrons. The molecule has 19 heavy (non-hydrogen) atoms. The summed E-state index contributed by atoms with van der Waals surface area (Å²) in [6.07, 6.45) is 5.71. The molecule has 0 bridgehead atoms. The largest absolute Gasteiger partial charge is 0.312 e. The first-order valence-electron chi connectivity index (χ1n) is 7.51.